The van der Waals surface area contributed by atoms with Gasteiger partial charge in [0.2, 0.25) is 11.2 Å². The first kappa shape index (κ1) is 18.2. The average molecular weight is 398 g/mol. The molecule has 1 fully saturated rings. The van der Waals surface area contributed by atoms with Gasteiger partial charge in [0.25, 0.3) is 0 Å². The second-order valence-electron chi connectivity index (χ2n) is 9.18. The molecule has 2 heterocycles. The van der Waals surface area contributed by atoms with Gasteiger partial charge in [-0.1, -0.05) is 32.8 Å². The number of rotatable bonds is 2. The molecule has 3 aromatic rings. The van der Waals surface area contributed by atoms with Gasteiger partial charge >= 0.3 is 0 Å². The van der Waals surface area contributed by atoms with Crippen molar-refractivity contribution < 1.29 is 4.42 Å². The van der Waals surface area contributed by atoms with Crippen molar-refractivity contribution in [1.82, 2.24) is 14.5 Å². The lowest BCUT2D eigenvalue weighted by Gasteiger charge is -2.40. The van der Waals surface area contributed by atoms with E-state index in [9.17, 15) is 0 Å². The van der Waals surface area contributed by atoms with E-state index in [1.54, 1.807) is 0 Å². The Hall–Kier alpha value is -1.81. The molecule has 148 valence electrons. The van der Waals surface area contributed by atoms with Gasteiger partial charge < -0.3 is 8.98 Å². The number of halogens is 1. The number of hydrogen-bond acceptors (Lipinski definition) is 3. The molecule has 2 aliphatic rings. The van der Waals surface area contributed by atoms with Crippen molar-refractivity contribution in [2.75, 3.05) is 0 Å². The lowest BCUT2D eigenvalue weighted by molar-refractivity contribution is 0.167. The Bertz CT molecular complexity index is 1040. The van der Waals surface area contributed by atoms with Crippen LogP contribution in [0, 0.1) is 5.41 Å². The topological polar surface area (TPSA) is 43.9 Å². The zero-order valence-corrected chi connectivity index (χ0v) is 17.9. The fraction of sp³-hybridized carbons (Fsp3) is 0.565. The highest BCUT2D eigenvalue weighted by atomic mass is 35.5. The largest absolute Gasteiger partial charge is 0.440 e. The molecule has 1 aromatic carbocycles. The molecule has 28 heavy (non-hydrogen) atoms. The highest BCUT2D eigenvalue weighted by molar-refractivity contribution is 6.29. The summed E-state index contributed by atoms with van der Waals surface area (Å²) in [5.74, 6) is 2.66. The molecule has 0 bridgehead atoms. The maximum atomic E-state index is 6.48. The molecule has 0 radical (unpaired) electrons. The van der Waals surface area contributed by atoms with Gasteiger partial charge in [-0.25, -0.2) is 9.97 Å². The SMILES string of the molecule is CC1CC2(CCCC2)C(C)c2oc(-c3cccc4c3nc(Cl)n4C(C)C)nc21. The van der Waals surface area contributed by atoms with E-state index in [0.717, 1.165) is 28.1 Å². The molecule has 1 spiro atoms. The summed E-state index contributed by atoms with van der Waals surface area (Å²) in [6.45, 7) is 8.89. The minimum absolute atomic E-state index is 0.243. The number of fused-ring (bicyclic) bond motifs is 2. The molecule has 1 saturated carbocycles. The molecular formula is C23H28ClN3O. The lowest BCUT2D eigenvalue weighted by atomic mass is 9.64. The zero-order chi connectivity index (χ0) is 19.6. The molecule has 0 amide bonds. The minimum Gasteiger partial charge on any atom is -0.440 e. The molecule has 2 aliphatic carbocycles. The van der Waals surface area contributed by atoms with E-state index in [0.29, 0.717) is 28.4 Å². The van der Waals surface area contributed by atoms with Crippen LogP contribution in [-0.4, -0.2) is 14.5 Å². The van der Waals surface area contributed by atoms with Crippen molar-refractivity contribution in [2.45, 2.75) is 77.7 Å². The maximum Gasteiger partial charge on any atom is 0.228 e. The third-order valence-corrected chi connectivity index (χ3v) is 7.46. The number of oxazole rings is 1. The molecule has 2 unspecified atom stereocenters. The van der Waals surface area contributed by atoms with Crippen molar-refractivity contribution in [2.24, 2.45) is 5.41 Å². The van der Waals surface area contributed by atoms with E-state index in [4.69, 9.17) is 21.0 Å². The van der Waals surface area contributed by atoms with Gasteiger partial charge in [-0.15, -0.1) is 0 Å². The van der Waals surface area contributed by atoms with Gasteiger partial charge in [0.05, 0.1) is 16.8 Å². The first-order valence-corrected chi connectivity index (χ1v) is 11.0. The highest BCUT2D eigenvalue weighted by Crippen LogP contribution is 2.58. The van der Waals surface area contributed by atoms with E-state index >= 15 is 0 Å². The summed E-state index contributed by atoms with van der Waals surface area (Å²) in [7, 11) is 0. The van der Waals surface area contributed by atoms with Crippen LogP contribution in [0.2, 0.25) is 5.28 Å². The van der Waals surface area contributed by atoms with Crippen LogP contribution in [0.15, 0.2) is 22.6 Å². The van der Waals surface area contributed by atoms with Crippen molar-refractivity contribution in [3.63, 3.8) is 0 Å². The normalized spacial score (nSPS) is 23.8. The van der Waals surface area contributed by atoms with E-state index < -0.39 is 0 Å². The maximum absolute atomic E-state index is 6.48. The summed E-state index contributed by atoms with van der Waals surface area (Å²) >= 11 is 6.45. The third-order valence-electron chi connectivity index (χ3n) is 7.20. The monoisotopic (exact) mass is 397 g/mol. The molecule has 2 aromatic heterocycles. The van der Waals surface area contributed by atoms with Crippen LogP contribution in [0.25, 0.3) is 22.5 Å². The molecular weight excluding hydrogens is 370 g/mol. The van der Waals surface area contributed by atoms with Gasteiger partial charge in [0.15, 0.2) is 0 Å². The van der Waals surface area contributed by atoms with E-state index in [2.05, 4.69) is 43.3 Å². The van der Waals surface area contributed by atoms with Gasteiger partial charge in [-0.05, 0) is 62.3 Å². The Kier molecular flexibility index (Phi) is 4.13. The van der Waals surface area contributed by atoms with Crippen LogP contribution in [0.4, 0.5) is 0 Å². The van der Waals surface area contributed by atoms with Crippen LogP contribution < -0.4 is 0 Å². The predicted octanol–water partition coefficient (Wildman–Crippen LogP) is 7.10. The fourth-order valence-corrected chi connectivity index (χ4v) is 6.12. The molecule has 5 heteroatoms. The van der Waals surface area contributed by atoms with Crippen LogP contribution in [0.5, 0.6) is 0 Å². The number of benzene rings is 1. The van der Waals surface area contributed by atoms with Gasteiger partial charge in [-0.2, -0.15) is 0 Å². The number of para-hydroxylation sites is 1. The van der Waals surface area contributed by atoms with Crippen molar-refractivity contribution in [3.05, 3.63) is 34.9 Å². The van der Waals surface area contributed by atoms with E-state index in [1.807, 2.05) is 12.1 Å². The minimum atomic E-state index is 0.243. The first-order valence-electron chi connectivity index (χ1n) is 10.6. The molecule has 0 saturated heterocycles. The Labute approximate surface area is 171 Å². The Balaban J connectivity index is 1.65. The summed E-state index contributed by atoms with van der Waals surface area (Å²) in [4.78, 5) is 9.64. The number of nitrogens with zero attached hydrogens (tertiary/aromatic N) is 3. The van der Waals surface area contributed by atoms with Crippen molar-refractivity contribution in [1.29, 1.82) is 0 Å². The zero-order valence-electron chi connectivity index (χ0n) is 17.1. The lowest BCUT2D eigenvalue weighted by Crippen LogP contribution is -2.30. The standard InChI is InChI=1S/C23H28ClN3O/c1-13(2)27-17-9-7-8-16(19(17)26-22(27)24)21-25-18-14(3)12-23(10-5-6-11-23)15(4)20(18)28-21/h7-9,13-15H,5-6,10-12H2,1-4H3. The number of hydrogen-bond donors (Lipinski definition) is 0. The van der Waals surface area contributed by atoms with Crippen molar-refractivity contribution >= 4 is 22.6 Å². The van der Waals surface area contributed by atoms with Crippen LogP contribution in [0.3, 0.4) is 0 Å². The third kappa shape index (κ3) is 2.50. The van der Waals surface area contributed by atoms with E-state index in [-0.39, 0.29) is 6.04 Å². The highest BCUT2D eigenvalue weighted by Gasteiger charge is 2.47. The van der Waals surface area contributed by atoms with Crippen LogP contribution in [-0.2, 0) is 0 Å². The quantitative estimate of drug-likeness (QED) is 0.463. The molecule has 5 rings (SSSR count). The smallest absolute Gasteiger partial charge is 0.228 e. The Morgan fingerprint density at radius 3 is 2.64 bits per heavy atom. The van der Waals surface area contributed by atoms with Gasteiger partial charge in [0.1, 0.15) is 11.3 Å². The van der Waals surface area contributed by atoms with Crippen LogP contribution >= 0.6 is 11.6 Å². The second kappa shape index (κ2) is 6.35. The van der Waals surface area contributed by atoms with Crippen molar-refractivity contribution in [3.8, 4) is 11.5 Å². The predicted molar refractivity (Wildman–Crippen MR) is 113 cm³/mol. The molecule has 4 nitrogen and oxygen atoms in total. The van der Waals surface area contributed by atoms with Gasteiger partial charge in [-0.3, -0.25) is 0 Å². The van der Waals surface area contributed by atoms with E-state index in [1.165, 1.54) is 32.1 Å². The average Bonchev–Trinajstić information content (AvgIpc) is 3.36. The number of imidazole rings is 1. The number of aromatic nitrogens is 3. The molecule has 0 aliphatic heterocycles. The summed E-state index contributed by atoms with van der Waals surface area (Å²) < 4.78 is 8.53. The summed E-state index contributed by atoms with van der Waals surface area (Å²) in [6, 6.07) is 6.41. The second-order valence-corrected chi connectivity index (χ2v) is 9.52. The summed E-state index contributed by atoms with van der Waals surface area (Å²) in [5, 5.41) is 0.514. The summed E-state index contributed by atoms with van der Waals surface area (Å²) in [5.41, 5.74) is 4.38. The molecule has 0 N–H and O–H groups in total. The van der Waals surface area contributed by atoms with Crippen LogP contribution in [0.1, 0.15) is 89.1 Å². The molecule has 2 atom stereocenters. The Morgan fingerprint density at radius 2 is 1.93 bits per heavy atom. The summed E-state index contributed by atoms with van der Waals surface area (Å²) in [6.07, 6.45) is 6.55. The van der Waals surface area contributed by atoms with Gasteiger partial charge in [0, 0.05) is 17.9 Å². The fourth-order valence-electron chi connectivity index (χ4n) is 5.75. The Morgan fingerprint density at radius 1 is 1.18 bits per heavy atom. The first-order chi connectivity index (χ1) is 13.4.